The van der Waals surface area contributed by atoms with E-state index in [9.17, 15) is 30.7 Å². The van der Waals surface area contributed by atoms with E-state index in [4.69, 9.17) is 29.3 Å². The van der Waals surface area contributed by atoms with E-state index in [1.54, 1.807) is 18.5 Å². The molecule has 0 saturated carbocycles. The van der Waals surface area contributed by atoms with Gasteiger partial charge in [-0.3, -0.25) is 9.88 Å². The lowest BCUT2D eigenvalue weighted by Gasteiger charge is -2.38. The Kier molecular flexibility index (Phi) is 11.0. The second-order valence-electron chi connectivity index (χ2n) is 8.47. The molecule has 2 aromatic rings. The lowest BCUT2D eigenvalue weighted by Crippen LogP contribution is -2.44. The molecule has 0 amide bonds. The molecule has 2 N–H and O–H groups in total. The summed E-state index contributed by atoms with van der Waals surface area (Å²) in [4.78, 5) is 28.4. The number of aliphatic carboxylic acids is 2. The first-order chi connectivity index (χ1) is 18.1. The van der Waals surface area contributed by atoms with Crippen LogP contribution in [0.2, 0.25) is 0 Å². The van der Waals surface area contributed by atoms with Gasteiger partial charge in [0.05, 0.1) is 12.2 Å². The van der Waals surface area contributed by atoms with Gasteiger partial charge in [0.25, 0.3) is 5.88 Å². The van der Waals surface area contributed by atoms with Gasteiger partial charge in [-0.1, -0.05) is 6.07 Å². The summed E-state index contributed by atoms with van der Waals surface area (Å²) >= 11 is 0. The fourth-order valence-electron chi connectivity index (χ4n) is 3.71. The van der Waals surface area contributed by atoms with Crippen LogP contribution < -0.4 is 4.74 Å². The first kappa shape index (κ1) is 31.7. The lowest BCUT2D eigenvalue weighted by atomic mass is 9.88. The Morgan fingerprint density at radius 1 is 1.03 bits per heavy atom. The lowest BCUT2D eigenvalue weighted by molar-refractivity contribution is -0.193. The zero-order chi connectivity index (χ0) is 29.3. The van der Waals surface area contributed by atoms with Crippen LogP contribution in [0.4, 0.5) is 30.7 Å². The maximum Gasteiger partial charge on any atom is 0.490 e. The van der Waals surface area contributed by atoms with Crippen LogP contribution in [-0.2, 0) is 20.9 Å². The quantitative estimate of drug-likeness (QED) is 0.523. The molecule has 2 aromatic heterocycles. The third kappa shape index (κ3) is 10.6. The summed E-state index contributed by atoms with van der Waals surface area (Å²) in [6.45, 7) is 3.39. The van der Waals surface area contributed by atoms with Crippen LogP contribution >= 0.6 is 0 Å². The molecule has 4 heterocycles. The minimum absolute atomic E-state index is 0.0714. The number of likely N-dealkylation sites (tertiary alicyclic amines) is 1. The third-order valence-electron chi connectivity index (χ3n) is 5.56. The number of carboxylic acid groups (broad SMARTS) is 2. The molecule has 1 atom stereocenters. The smallest absolute Gasteiger partial charge is 0.475 e. The summed E-state index contributed by atoms with van der Waals surface area (Å²) in [5.74, 6) is -5.86. The molecule has 0 bridgehead atoms. The second-order valence-corrected chi connectivity index (χ2v) is 8.47. The summed E-state index contributed by atoms with van der Waals surface area (Å²) in [6, 6.07) is 7.01. The highest BCUT2D eigenvalue weighted by molar-refractivity contribution is 5.73. The molecular weight excluding hydrogens is 547 g/mol. The van der Waals surface area contributed by atoms with Gasteiger partial charge in [-0.15, -0.1) is 0 Å². The molecule has 9 nitrogen and oxygen atoms in total. The minimum atomic E-state index is -5.08. The van der Waals surface area contributed by atoms with Crippen LogP contribution in [0.25, 0.3) is 0 Å². The Morgan fingerprint density at radius 2 is 1.59 bits per heavy atom. The SMILES string of the molecule is Fc1cccnc1OC1COC2(CCN(Cc3cccnc3)CC2)C1.O=C(O)C(F)(F)F.O=C(O)C(F)(F)F. The third-order valence-corrected chi connectivity index (χ3v) is 5.56. The topological polar surface area (TPSA) is 122 Å². The van der Waals surface area contributed by atoms with E-state index in [2.05, 4.69) is 20.9 Å². The van der Waals surface area contributed by atoms with Gasteiger partial charge < -0.3 is 19.7 Å². The second kappa shape index (κ2) is 13.5. The Balaban J connectivity index is 0.000000317. The molecular formula is C23H24F7N3O6. The van der Waals surface area contributed by atoms with Crippen molar-refractivity contribution in [3.05, 3.63) is 54.2 Å². The van der Waals surface area contributed by atoms with E-state index in [0.29, 0.717) is 6.61 Å². The van der Waals surface area contributed by atoms with Crippen molar-refractivity contribution >= 4 is 11.9 Å². The predicted molar refractivity (Wildman–Crippen MR) is 118 cm³/mol. The van der Waals surface area contributed by atoms with Gasteiger partial charge in [0.2, 0.25) is 0 Å². The highest BCUT2D eigenvalue weighted by atomic mass is 19.4. The average Bonchev–Trinajstić information content (AvgIpc) is 3.24. The van der Waals surface area contributed by atoms with Crippen molar-refractivity contribution in [1.29, 1.82) is 0 Å². The number of alkyl halides is 6. The number of piperidine rings is 1. The number of nitrogens with zero attached hydrogens (tertiary/aromatic N) is 3. The van der Waals surface area contributed by atoms with E-state index in [0.717, 1.165) is 38.9 Å². The van der Waals surface area contributed by atoms with E-state index >= 15 is 0 Å². The van der Waals surface area contributed by atoms with Crippen molar-refractivity contribution < 1.29 is 60.0 Å². The van der Waals surface area contributed by atoms with Gasteiger partial charge in [0.1, 0.15) is 6.10 Å². The highest BCUT2D eigenvalue weighted by Gasteiger charge is 2.44. The Bertz CT molecular complexity index is 1050. The largest absolute Gasteiger partial charge is 0.490 e. The highest BCUT2D eigenvalue weighted by Crippen LogP contribution is 2.37. The van der Waals surface area contributed by atoms with Crippen LogP contribution in [0.3, 0.4) is 0 Å². The number of carbonyl (C=O) groups is 2. The minimum Gasteiger partial charge on any atom is -0.475 e. The number of hydrogen-bond acceptors (Lipinski definition) is 7. The van der Waals surface area contributed by atoms with Crippen LogP contribution in [-0.4, -0.2) is 80.8 Å². The number of pyridine rings is 2. The Labute approximate surface area is 217 Å². The molecule has 39 heavy (non-hydrogen) atoms. The molecule has 2 aliphatic heterocycles. The molecule has 4 rings (SSSR count). The summed E-state index contributed by atoms with van der Waals surface area (Å²) in [7, 11) is 0. The first-order valence-electron chi connectivity index (χ1n) is 11.2. The molecule has 0 aliphatic carbocycles. The fourth-order valence-corrected chi connectivity index (χ4v) is 3.71. The van der Waals surface area contributed by atoms with Crippen LogP contribution in [0.15, 0.2) is 42.9 Å². The van der Waals surface area contributed by atoms with Crippen LogP contribution in [0, 0.1) is 5.82 Å². The van der Waals surface area contributed by atoms with Crippen molar-refractivity contribution in [2.45, 2.75) is 49.9 Å². The number of ether oxygens (including phenoxy) is 2. The normalized spacial score (nSPS) is 18.8. The number of hydrogen-bond donors (Lipinski definition) is 2. The van der Waals surface area contributed by atoms with Gasteiger partial charge in [0.15, 0.2) is 5.82 Å². The van der Waals surface area contributed by atoms with Crippen LogP contribution in [0.1, 0.15) is 24.8 Å². The van der Waals surface area contributed by atoms with E-state index < -0.39 is 30.1 Å². The van der Waals surface area contributed by atoms with Gasteiger partial charge >= 0.3 is 24.3 Å². The standard InChI is InChI=1S/C19H22FN3O2.2C2HF3O2/c20-17-4-2-8-22-18(17)25-16-11-19(24-14-16)5-9-23(10-6-19)13-15-3-1-7-21-12-15;2*3-2(4,5)1(6)7/h1-4,7-8,12,16H,5-6,9-11,13-14H2;2*(H,6,7). The number of halogens is 7. The van der Waals surface area contributed by atoms with Crippen molar-refractivity contribution in [3.63, 3.8) is 0 Å². The van der Waals surface area contributed by atoms with Crippen molar-refractivity contribution in [2.24, 2.45) is 0 Å². The van der Waals surface area contributed by atoms with Gasteiger partial charge in [-0.2, -0.15) is 26.3 Å². The van der Waals surface area contributed by atoms with E-state index in [1.165, 1.54) is 11.6 Å². The Hall–Kier alpha value is -3.53. The molecule has 0 radical (unpaired) electrons. The monoisotopic (exact) mass is 571 g/mol. The molecule has 1 unspecified atom stereocenters. The molecule has 1 spiro atoms. The molecule has 2 aliphatic rings. The molecule has 216 valence electrons. The Morgan fingerprint density at radius 3 is 2.08 bits per heavy atom. The van der Waals surface area contributed by atoms with Gasteiger partial charge in [0, 0.05) is 44.6 Å². The summed E-state index contributed by atoms with van der Waals surface area (Å²) in [6.07, 6.45) is -2.30. The molecule has 2 fully saturated rings. The summed E-state index contributed by atoms with van der Waals surface area (Å²) in [5, 5.41) is 14.2. The zero-order valence-corrected chi connectivity index (χ0v) is 20.1. The van der Waals surface area contributed by atoms with Crippen molar-refractivity contribution in [1.82, 2.24) is 14.9 Å². The molecule has 2 saturated heterocycles. The predicted octanol–water partition coefficient (Wildman–Crippen LogP) is 4.08. The van der Waals surface area contributed by atoms with Gasteiger partial charge in [-0.25, -0.2) is 19.0 Å². The summed E-state index contributed by atoms with van der Waals surface area (Å²) < 4.78 is 89.0. The fraction of sp³-hybridized carbons (Fsp3) is 0.478. The first-order valence-corrected chi connectivity index (χ1v) is 11.2. The van der Waals surface area contributed by atoms with Gasteiger partial charge in [-0.05, 0) is 36.6 Å². The molecule has 16 heteroatoms. The maximum atomic E-state index is 13.7. The summed E-state index contributed by atoms with van der Waals surface area (Å²) in [5.41, 5.74) is 1.10. The average molecular weight is 571 g/mol. The molecule has 0 aromatic carbocycles. The number of carboxylic acids is 2. The van der Waals surface area contributed by atoms with E-state index in [-0.39, 0.29) is 17.6 Å². The number of rotatable bonds is 4. The van der Waals surface area contributed by atoms with Crippen LogP contribution in [0.5, 0.6) is 5.88 Å². The van der Waals surface area contributed by atoms with E-state index in [1.807, 2.05) is 12.3 Å². The zero-order valence-electron chi connectivity index (χ0n) is 20.1. The van der Waals surface area contributed by atoms with Crippen molar-refractivity contribution in [2.75, 3.05) is 19.7 Å². The maximum absolute atomic E-state index is 13.7. The van der Waals surface area contributed by atoms with Crippen molar-refractivity contribution in [3.8, 4) is 5.88 Å². The number of aromatic nitrogens is 2.